The van der Waals surface area contributed by atoms with Gasteiger partial charge in [0.2, 0.25) is 0 Å². The summed E-state index contributed by atoms with van der Waals surface area (Å²) in [4.78, 5) is 14.4. The summed E-state index contributed by atoms with van der Waals surface area (Å²) in [5.41, 5.74) is 1.38. The average molecular weight is 394 g/mol. The molecule has 28 heavy (non-hydrogen) atoms. The highest BCUT2D eigenvalue weighted by Gasteiger charge is 2.30. The zero-order valence-corrected chi connectivity index (χ0v) is 15.9. The number of hydrogen-bond acceptors (Lipinski definition) is 3. The number of aromatic amines is 1. The van der Waals surface area contributed by atoms with Gasteiger partial charge in [0.25, 0.3) is 5.91 Å². The van der Waals surface area contributed by atoms with Gasteiger partial charge in [-0.15, -0.1) is 0 Å². The minimum absolute atomic E-state index is 0.0524. The lowest BCUT2D eigenvalue weighted by Crippen LogP contribution is -2.44. The van der Waals surface area contributed by atoms with Crippen molar-refractivity contribution in [2.75, 3.05) is 13.1 Å². The van der Waals surface area contributed by atoms with Crippen molar-refractivity contribution in [3.63, 3.8) is 0 Å². The van der Waals surface area contributed by atoms with E-state index in [9.17, 15) is 18.0 Å². The van der Waals surface area contributed by atoms with Gasteiger partial charge in [-0.3, -0.25) is 14.8 Å². The third-order valence-corrected chi connectivity index (χ3v) is 4.97. The largest absolute Gasteiger partial charge is 0.416 e. The number of carbonyl (C=O) groups excluding carboxylic acids is 1. The summed E-state index contributed by atoms with van der Waals surface area (Å²) in [6.45, 7) is 3.99. The molecule has 1 aromatic heterocycles. The Labute approximate surface area is 162 Å². The number of benzene rings is 1. The van der Waals surface area contributed by atoms with Gasteiger partial charge in [0.15, 0.2) is 0 Å². The minimum Gasteiger partial charge on any atom is -0.348 e. The van der Waals surface area contributed by atoms with Crippen LogP contribution in [-0.2, 0) is 19.1 Å². The molecule has 8 heteroatoms. The van der Waals surface area contributed by atoms with Crippen LogP contribution in [0.1, 0.15) is 53.5 Å². The molecule has 1 fully saturated rings. The molecule has 0 aliphatic carbocycles. The van der Waals surface area contributed by atoms with Gasteiger partial charge in [0.05, 0.1) is 5.56 Å². The molecule has 0 saturated carbocycles. The third kappa shape index (κ3) is 5.34. The standard InChI is InChI=1S/C20H25F3N4O/c1-2-4-17-12-18(26-25-17)19(28)24-16-7-9-27(10-8-16)13-14-5-3-6-15(11-14)20(21,22)23/h3,5-6,11-12,16H,2,4,7-10,13H2,1H3,(H,24,28)(H,25,26). The van der Waals surface area contributed by atoms with E-state index in [1.807, 2.05) is 0 Å². The van der Waals surface area contributed by atoms with Crippen LogP contribution in [0.3, 0.4) is 0 Å². The van der Waals surface area contributed by atoms with Gasteiger partial charge >= 0.3 is 6.18 Å². The summed E-state index contributed by atoms with van der Waals surface area (Å²) in [5.74, 6) is -0.185. The maximum absolute atomic E-state index is 12.8. The Balaban J connectivity index is 1.48. The summed E-state index contributed by atoms with van der Waals surface area (Å²) >= 11 is 0. The zero-order valence-electron chi connectivity index (χ0n) is 15.9. The van der Waals surface area contributed by atoms with E-state index in [2.05, 4.69) is 27.3 Å². The lowest BCUT2D eigenvalue weighted by atomic mass is 10.0. The number of halogens is 3. The number of hydrogen-bond donors (Lipinski definition) is 2. The van der Waals surface area contributed by atoms with E-state index in [0.717, 1.165) is 50.5 Å². The van der Waals surface area contributed by atoms with Crippen molar-refractivity contribution in [2.24, 2.45) is 0 Å². The molecule has 1 aromatic carbocycles. The van der Waals surface area contributed by atoms with E-state index in [4.69, 9.17) is 0 Å². The van der Waals surface area contributed by atoms with Gasteiger partial charge in [0.1, 0.15) is 5.69 Å². The maximum Gasteiger partial charge on any atom is 0.416 e. The van der Waals surface area contributed by atoms with Crippen molar-refractivity contribution in [1.82, 2.24) is 20.4 Å². The van der Waals surface area contributed by atoms with Gasteiger partial charge in [0, 0.05) is 31.4 Å². The van der Waals surface area contributed by atoms with Gasteiger partial charge < -0.3 is 5.32 Å². The van der Waals surface area contributed by atoms with Crippen molar-refractivity contribution >= 4 is 5.91 Å². The molecule has 1 aliphatic rings. The number of H-pyrrole nitrogens is 1. The van der Waals surface area contributed by atoms with Gasteiger partial charge in [-0.25, -0.2) is 0 Å². The predicted molar refractivity (Wildman–Crippen MR) is 99.8 cm³/mol. The van der Waals surface area contributed by atoms with Crippen LogP contribution in [-0.4, -0.2) is 40.1 Å². The van der Waals surface area contributed by atoms with Crippen LogP contribution in [0.4, 0.5) is 13.2 Å². The van der Waals surface area contributed by atoms with Crippen molar-refractivity contribution in [3.05, 3.63) is 52.8 Å². The Bertz CT molecular complexity index is 795. The Morgan fingerprint density at radius 2 is 2.04 bits per heavy atom. The number of piperidine rings is 1. The van der Waals surface area contributed by atoms with E-state index in [0.29, 0.717) is 17.8 Å². The summed E-state index contributed by atoms with van der Waals surface area (Å²) in [6, 6.07) is 7.29. The third-order valence-electron chi connectivity index (χ3n) is 4.97. The normalized spacial score (nSPS) is 16.3. The van der Waals surface area contributed by atoms with Crippen LogP contribution < -0.4 is 5.32 Å². The van der Waals surface area contributed by atoms with Crippen LogP contribution in [0.25, 0.3) is 0 Å². The summed E-state index contributed by atoms with van der Waals surface area (Å²) in [6.07, 6.45) is -0.966. The Morgan fingerprint density at radius 1 is 1.29 bits per heavy atom. The molecule has 0 radical (unpaired) electrons. The maximum atomic E-state index is 12.8. The zero-order chi connectivity index (χ0) is 20.1. The second-order valence-electron chi connectivity index (χ2n) is 7.25. The van der Waals surface area contributed by atoms with Crippen molar-refractivity contribution < 1.29 is 18.0 Å². The summed E-state index contributed by atoms with van der Waals surface area (Å²) in [7, 11) is 0. The van der Waals surface area contributed by atoms with Gasteiger partial charge in [-0.2, -0.15) is 18.3 Å². The molecule has 152 valence electrons. The molecule has 2 N–H and O–H groups in total. The molecule has 1 aliphatic heterocycles. The van der Waals surface area contributed by atoms with Gasteiger partial charge in [-0.05, 0) is 37.0 Å². The van der Waals surface area contributed by atoms with Crippen LogP contribution in [0.2, 0.25) is 0 Å². The molecule has 0 spiro atoms. The quantitative estimate of drug-likeness (QED) is 0.784. The molecular formula is C20H25F3N4O. The topological polar surface area (TPSA) is 61.0 Å². The number of aryl methyl sites for hydroxylation is 1. The molecule has 1 saturated heterocycles. The smallest absolute Gasteiger partial charge is 0.348 e. The first-order valence-corrected chi connectivity index (χ1v) is 9.59. The summed E-state index contributed by atoms with van der Waals surface area (Å²) < 4.78 is 38.5. The van der Waals surface area contributed by atoms with Crippen LogP contribution in [0.5, 0.6) is 0 Å². The van der Waals surface area contributed by atoms with Crippen molar-refractivity contribution in [2.45, 2.75) is 51.4 Å². The first-order valence-electron chi connectivity index (χ1n) is 9.59. The fraction of sp³-hybridized carbons (Fsp3) is 0.500. The van der Waals surface area contributed by atoms with Crippen LogP contribution in [0, 0.1) is 0 Å². The molecular weight excluding hydrogens is 369 g/mol. The number of nitrogens with zero attached hydrogens (tertiary/aromatic N) is 2. The van der Waals surface area contributed by atoms with E-state index in [1.54, 1.807) is 12.1 Å². The van der Waals surface area contributed by atoms with Crippen molar-refractivity contribution in [3.8, 4) is 0 Å². The van der Waals surface area contributed by atoms with Crippen LogP contribution >= 0.6 is 0 Å². The Hall–Kier alpha value is -2.35. The van der Waals surface area contributed by atoms with Gasteiger partial charge in [-0.1, -0.05) is 31.5 Å². The molecule has 0 unspecified atom stereocenters. The highest BCUT2D eigenvalue weighted by Crippen LogP contribution is 2.30. The lowest BCUT2D eigenvalue weighted by molar-refractivity contribution is -0.137. The number of amides is 1. The predicted octanol–water partition coefficient (Wildman–Crippen LogP) is 3.78. The lowest BCUT2D eigenvalue weighted by Gasteiger charge is -2.32. The number of rotatable bonds is 6. The second-order valence-corrected chi connectivity index (χ2v) is 7.25. The first kappa shape index (κ1) is 20.4. The van der Waals surface area contributed by atoms with Crippen LogP contribution in [0.15, 0.2) is 30.3 Å². The van der Waals surface area contributed by atoms with E-state index < -0.39 is 11.7 Å². The SMILES string of the molecule is CCCc1cc(C(=O)NC2CCN(Cc3cccc(C(F)(F)F)c3)CC2)n[nH]1. The minimum atomic E-state index is -4.32. The molecule has 2 heterocycles. The number of carbonyl (C=O) groups is 1. The van der Waals surface area contributed by atoms with E-state index >= 15 is 0 Å². The Morgan fingerprint density at radius 3 is 2.71 bits per heavy atom. The number of nitrogens with one attached hydrogen (secondary N) is 2. The molecule has 2 aromatic rings. The highest BCUT2D eigenvalue weighted by atomic mass is 19.4. The van der Waals surface area contributed by atoms with Crippen molar-refractivity contribution in [1.29, 1.82) is 0 Å². The van der Waals surface area contributed by atoms with E-state index in [1.165, 1.54) is 12.1 Å². The molecule has 1 amide bonds. The monoisotopic (exact) mass is 394 g/mol. The fourth-order valence-corrected chi connectivity index (χ4v) is 3.47. The molecule has 3 rings (SSSR count). The average Bonchev–Trinajstić information content (AvgIpc) is 3.12. The number of aromatic nitrogens is 2. The fourth-order valence-electron chi connectivity index (χ4n) is 3.47. The number of alkyl halides is 3. The summed E-state index contributed by atoms with van der Waals surface area (Å²) in [5, 5.41) is 9.94. The first-order chi connectivity index (χ1) is 13.3. The Kier molecular flexibility index (Phi) is 6.39. The highest BCUT2D eigenvalue weighted by molar-refractivity contribution is 5.92. The molecule has 5 nitrogen and oxygen atoms in total. The molecule has 0 bridgehead atoms. The second kappa shape index (κ2) is 8.77. The molecule has 0 atom stereocenters. The van der Waals surface area contributed by atoms with E-state index in [-0.39, 0.29) is 11.9 Å². The number of likely N-dealkylation sites (tertiary alicyclic amines) is 1.